The Morgan fingerprint density at radius 1 is 1.31 bits per heavy atom. The van der Waals surface area contributed by atoms with Crippen molar-refractivity contribution in [2.24, 2.45) is 0 Å². The summed E-state index contributed by atoms with van der Waals surface area (Å²) in [6.45, 7) is 3.93. The van der Waals surface area contributed by atoms with Crippen molar-refractivity contribution in [3.63, 3.8) is 0 Å². The summed E-state index contributed by atoms with van der Waals surface area (Å²) in [5.74, 6) is 1.64. The van der Waals surface area contributed by atoms with Gasteiger partial charge in [0.05, 0.1) is 18.5 Å². The molecule has 0 aliphatic rings. The monoisotopic (exact) mass is 217 g/mol. The van der Waals surface area contributed by atoms with E-state index in [1.54, 1.807) is 7.11 Å². The van der Waals surface area contributed by atoms with Crippen LogP contribution in [-0.2, 0) is 0 Å². The molecule has 84 valence electrons. The molecule has 0 radical (unpaired) electrons. The van der Waals surface area contributed by atoms with Gasteiger partial charge in [0.25, 0.3) is 0 Å². The molecule has 4 nitrogen and oxygen atoms in total. The fourth-order valence-corrected chi connectivity index (χ4v) is 1.75. The van der Waals surface area contributed by atoms with E-state index in [4.69, 9.17) is 10.5 Å². The van der Waals surface area contributed by atoms with Gasteiger partial charge in [0, 0.05) is 11.9 Å². The van der Waals surface area contributed by atoms with Crippen molar-refractivity contribution in [3.05, 3.63) is 35.9 Å². The summed E-state index contributed by atoms with van der Waals surface area (Å²) in [6, 6.07) is 5.70. The zero-order valence-electron chi connectivity index (χ0n) is 9.69. The maximum atomic E-state index is 5.87. The second-order valence-electron chi connectivity index (χ2n) is 3.73. The van der Waals surface area contributed by atoms with E-state index < -0.39 is 0 Å². The number of aromatic nitrogens is 2. The summed E-state index contributed by atoms with van der Waals surface area (Å²) < 4.78 is 7.13. The summed E-state index contributed by atoms with van der Waals surface area (Å²) >= 11 is 0. The molecule has 0 bridgehead atoms. The number of nitrogens with two attached hydrogens (primary N) is 1. The second kappa shape index (κ2) is 3.89. The first kappa shape index (κ1) is 10.5. The first-order valence-corrected chi connectivity index (χ1v) is 5.08. The number of nitrogens with zero attached hydrogens (tertiary/aromatic N) is 2. The van der Waals surface area contributed by atoms with Crippen LogP contribution in [0.25, 0.3) is 5.69 Å². The largest absolute Gasteiger partial charge is 0.495 e. The lowest BCUT2D eigenvalue weighted by molar-refractivity contribution is 0.417. The van der Waals surface area contributed by atoms with Gasteiger partial charge in [-0.15, -0.1) is 0 Å². The predicted molar refractivity (Wildman–Crippen MR) is 64.0 cm³/mol. The maximum absolute atomic E-state index is 5.87. The molecule has 0 unspecified atom stereocenters. The van der Waals surface area contributed by atoms with E-state index in [1.165, 1.54) is 0 Å². The van der Waals surface area contributed by atoms with E-state index in [0.29, 0.717) is 11.4 Å². The summed E-state index contributed by atoms with van der Waals surface area (Å²) in [7, 11) is 1.61. The fraction of sp³-hybridized carbons (Fsp3) is 0.250. The molecular weight excluding hydrogens is 202 g/mol. The van der Waals surface area contributed by atoms with Gasteiger partial charge in [-0.05, 0) is 32.0 Å². The van der Waals surface area contributed by atoms with E-state index in [-0.39, 0.29) is 0 Å². The topological polar surface area (TPSA) is 53.1 Å². The van der Waals surface area contributed by atoms with Gasteiger partial charge in [0.2, 0.25) is 0 Å². The van der Waals surface area contributed by atoms with E-state index in [9.17, 15) is 0 Å². The molecular formula is C12H15N3O. The van der Waals surface area contributed by atoms with Crippen LogP contribution in [0, 0.1) is 13.8 Å². The Morgan fingerprint density at radius 3 is 2.56 bits per heavy atom. The maximum Gasteiger partial charge on any atom is 0.141 e. The van der Waals surface area contributed by atoms with Gasteiger partial charge in [-0.2, -0.15) is 0 Å². The number of anilines is 1. The van der Waals surface area contributed by atoms with Gasteiger partial charge >= 0.3 is 0 Å². The van der Waals surface area contributed by atoms with Crippen molar-refractivity contribution in [3.8, 4) is 11.4 Å². The van der Waals surface area contributed by atoms with Gasteiger partial charge in [0.1, 0.15) is 11.6 Å². The third kappa shape index (κ3) is 1.74. The van der Waals surface area contributed by atoms with Crippen LogP contribution in [0.5, 0.6) is 5.75 Å². The van der Waals surface area contributed by atoms with Gasteiger partial charge in [-0.1, -0.05) is 0 Å². The minimum atomic E-state index is 0.630. The lowest BCUT2D eigenvalue weighted by Gasteiger charge is -2.08. The highest BCUT2D eigenvalue weighted by molar-refractivity contribution is 5.58. The van der Waals surface area contributed by atoms with Crippen molar-refractivity contribution >= 4 is 5.69 Å². The average molecular weight is 217 g/mol. The number of benzene rings is 1. The minimum Gasteiger partial charge on any atom is -0.495 e. The summed E-state index contributed by atoms with van der Waals surface area (Å²) in [5.41, 5.74) is 8.49. The first-order valence-electron chi connectivity index (χ1n) is 5.08. The number of imidazole rings is 1. The lowest BCUT2D eigenvalue weighted by Crippen LogP contribution is -1.98. The van der Waals surface area contributed by atoms with E-state index >= 15 is 0 Å². The zero-order valence-corrected chi connectivity index (χ0v) is 9.69. The van der Waals surface area contributed by atoms with Gasteiger partial charge in [0.15, 0.2) is 0 Å². The molecule has 0 aliphatic carbocycles. The molecule has 0 saturated heterocycles. The molecule has 2 aromatic rings. The molecule has 1 aromatic carbocycles. The molecule has 0 spiro atoms. The van der Waals surface area contributed by atoms with E-state index in [2.05, 4.69) is 4.98 Å². The Balaban J connectivity index is 2.49. The molecule has 16 heavy (non-hydrogen) atoms. The van der Waals surface area contributed by atoms with Crippen molar-refractivity contribution < 1.29 is 4.74 Å². The molecule has 0 fully saturated rings. The van der Waals surface area contributed by atoms with Crippen molar-refractivity contribution in [1.29, 1.82) is 0 Å². The Labute approximate surface area is 94.7 Å². The standard InChI is InChI=1S/C12H15N3O/c1-8-7-15(9(2)14-8)10-4-5-12(16-3)11(13)6-10/h4-7H,13H2,1-3H3. The number of rotatable bonds is 2. The number of nitrogen functional groups attached to an aromatic ring is 1. The Kier molecular flexibility index (Phi) is 2.56. The van der Waals surface area contributed by atoms with Crippen molar-refractivity contribution in [2.45, 2.75) is 13.8 Å². The zero-order chi connectivity index (χ0) is 11.7. The highest BCUT2D eigenvalue weighted by atomic mass is 16.5. The van der Waals surface area contributed by atoms with Gasteiger partial charge in [-0.3, -0.25) is 0 Å². The highest BCUT2D eigenvalue weighted by Gasteiger charge is 2.05. The van der Waals surface area contributed by atoms with Crippen LogP contribution < -0.4 is 10.5 Å². The second-order valence-corrected chi connectivity index (χ2v) is 3.73. The quantitative estimate of drug-likeness (QED) is 0.783. The van der Waals surface area contributed by atoms with Crippen LogP contribution in [-0.4, -0.2) is 16.7 Å². The average Bonchev–Trinajstić information content (AvgIpc) is 2.58. The van der Waals surface area contributed by atoms with E-state index in [1.807, 2.05) is 42.8 Å². The summed E-state index contributed by atoms with van der Waals surface area (Å²) in [6.07, 6.45) is 1.98. The molecule has 1 heterocycles. The number of hydrogen-bond acceptors (Lipinski definition) is 3. The normalized spacial score (nSPS) is 10.4. The molecule has 0 atom stereocenters. The van der Waals surface area contributed by atoms with Crippen LogP contribution in [0.15, 0.2) is 24.4 Å². The number of aryl methyl sites for hydroxylation is 2. The van der Waals surface area contributed by atoms with Crippen LogP contribution in [0.2, 0.25) is 0 Å². The SMILES string of the molecule is COc1ccc(-n2cc(C)nc2C)cc1N. The summed E-state index contributed by atoms with van der Waals surface area (Å²) in [4.78, 5) is 4.35. The van der Waals surface area contributed by atoms with Gasteiger partial charge in [-0.25, -0.2) is 4.98 Å². The fourth-order valence-electron chi connectivity index (χ4n) is 1.75. The predicted octanol–water partition coefficient (Wildman–Crippen LogP) is 2.08. The molecule has 0 amide bonds. The number of ether oxygens (including phenoxy) is 1. The Bertz CT molecular complexity index is 517. The van der Waals surface area contributed by atoms with E-state index in [0.717, 1.165) is 17.2 Å². The van der Waals surface area contributed by atoms with Crippen molar-refractivity contribution in [2.75, 3.05) is 12.8 Å². The first-order chi connectivity index (χ1) is 7.61. The van der Waals surface area contributed by atoms with Crippen LogP contribution in [0.4, 0.5) is 5.69 Å². The third-order valence-electron chi connectivity index (χ3n) is 2.49. The molecule has 0 aliphatic heterocycles. The molecule has 4 heteroatoms. The smallest absolute Gasteiger partial charge is 0.141 e. The molecule has 1 aromatic heterocycles. The summed E-state index contributed by atoms with van der Waals surface area (Å²) in [5, 5.41) is 0. The third-order valence-corrected chi connectivity index (χ3v) is 2.49. The lowest BCUT2D eigenvalue weighted by atomic mass is 10.2. The Morgan fingerprint density at radius 2 is 2.06 bits per heavy atom. The molecule has 2 rings (SSSR count). The van der Waals surface area contributed by atoms with Gasteiger partial charge < -0.3 is 15.0 Å². The van der Waals surface area contributed by atoms with Crippen molar-refractivity contribution in [1.82, 2.24) is 9.55 Å². The minimum absolute atomic E-state index is 0.630. The molecule has 2 N–H and O–H groups in total. The Hall–Kier alpha value is -1.97. The number of hydrogen-bond donors (Lipinski definition) is 1. The highest BCUT2D eigenvalue weighted by Crippen LogP contribution is 2.24. The van der Waals surface area contributed by atoms with Crippen LogP contribution in [0.3, 0.4) is 0 Å². The van der Waals surface area contributed by atoms with Crippen LogP contribution in [0.1, 0.15) is 11.5 Å². The van der Waals surface area contributed by atoms with Crippen LogP contribution >= 0.6 is 0 Å². The molecule has 0 saturated carbocycles. The number of methoxy groups -OCH3 is 1.